The smallest absolute Gasteiger partial charge is 0.302 e. The van der Waals surface area contributed by atoms with Gasteiger partial charge in [-0.1, -0.05) is 52.5 Å². The van der Waals surface area contributed by atoms with Gasteiger partial charge >= 0.3 is 11.9 Å². The molecular weight excluding hydrogens is 690 g/mol. The number of hydrogen-bond acceptors (Lipinski definition) is 7. The van der Waals surface area contributed by atoms with Gasteiger partial charge in [0.05, 0.1) is 38.0 Å². The number of nitrogens with zero attached hydrogens (tertiary/aromatic N) is 3. The zero-order chi connectivity index (χ0) is 29.8. The van der Waals surface area contributed by atoms with Gasteiger partial charge in [0.15, 0.2) is 11.9 Å². The predicted molar refractivity (Wildman–Crippen MR) is 166 cm³/mol. The number of ether oxygens (including phenoxy) is 2. The Morgan fingerprint density at radius 1 is 0.833 bits per heavy atom. The summed E-state index contributed by atoms with van der Waals surface area (Å²) in [4.78, 5) is 30.5. The summed E-state index contributed by atoms with van der Waals surface area (Å²) in [6.07, 6.45) is 6.05. The fourth-order valence-corrected chi connectivity index (χ4v) is 5.97. The molecule has 0 saturated heterocycles. The third-order valence-corrected chi connectivity index (χ3v) is 8.48. The maximum Gasteiger partial charge on any atom is 0.302 e. The van der Waals surface area contributed by atoms with Crippen LogP contribution in [0.2, 0.25) is 20.1 Å². The molecule has 228 valence electrons. The van der Waals surface area contributed by atoms with Crippen molar-refractivity contribution < 1.29 is 40.9 Å². The molecule has 0 spiro atoms. The second-order valence-corrected chi connectivity index (χ2v) is 11.2. The molecule has 8 nitrogen and oxygen atoms in total. The highest BCUT2D eigenvalue weighted by Crippen LogP contribution is 2.45. The van der Waals surface area contributed by atoms with Crippen molar-refractivity contribution in [3.63, 3.8) is 0 Å². The molecule has 42 heavy (non-hydrogen) atoms. The molecule has 0 fully saturated rings. The Labute approximate surface area is 277 Å². The van der Waals surface area contributed by atoms with E-state index >= 15 is 0 Å². The monoisotopic (exact) mass is 720 g/mol. The number of carbonyl (C=O) groups is 2. The Balaban J connectivity index is 0.00000484. The highest BCUT2D eigenvalue weighted by molar-refractivity contribution is 6.43. The maximum absolute atomic E-state index is 11.5. The van der Waals surface area contributed by atoms with E-state index in [-0.39, 0.29) is 48.3 Å². The summed E-state index contributed by atoms with van der Waals surface area (Å²) in [5, 5.41) is 1.87. The van der Waals surface area contributed by atoms with Gasteiger partial charge in [-0.2, -0.15) is 0 Å². The summed E-state index contributed by atoms with van der Waals surface area (Å²) >= 11 is 25.6. The van der Waals surface area contributed by atoms with Crippen LogP contribution in [-0.4, -0.2) is 57.5 Å². The number of benzene rings is 2. The number of hydrogen-bond donors (Lipinski definition) is 1. The van der Waals surface area contributed by atoms with Crippen LogP contribution in [-0.2, 0) is 19.1 Å². The zero-order valence-electron chi connectivity index (χ0n) is 23.7. The van der Waals surface area contributed by atoms with Crippen LogP contribution in [0.1, 0.15) is 27.7 Å². The minimum Gasteiger partial charge on any atom is -1.00 e. The average Bonchev–Trinajstić information content (AvgIpc) is 3.34. The van der Waals surface area contributed by atoms with Gasteiger partial charge in [0.2, 0.25) is 0 Å². The molecule has 2 aromatic rings. The third-order valence-electron chi connectivity index (χ3n) is 7.03. The number of halogens is 5. The Morgan fingerprint density at radius 3 is 1.95 bits per heavy atom. The van der Waals surface area contributed by atoms with E-state index in [2.05, 4.69) is 34.6 Å². The van der Waals surface area contributed by atoms with Crippen LogP contribution < -0.4 is 36.6 Å². The van der Waals surface area contributed by atoms with Crippen LogP contribution in [0.15, 0.2) is 48.3 Å². The lowest BCUT2D eigenvalue weighted by atomic mass is 10.2. The van der Waals surface area contributed by atoms with Gasteiger partial charge < -0.3 is 41.2 Å². The number of rotatable bonds is 10. The topological polar surface area (TPSA) is 66.8 Å². The van der Waals surface area contributed by atoms with Crippen molar-refractivity contribution in [1.82, 2.24) is 0 Å². The molecule has 2 atom stereocenters. The van der Waals surface area contributed by atoms with Crippen molar-refractivity contribution in [3.05, 3.63) is 68.4 Å². The summed E-state index contributed by atoms with van der Waals surface area (Å²) in [6.45, 7) is 9.80. The molecule has 2 aliphatic rings. The lowest BCUT2D eigenvalue weighted by Crippen LogP contribution is -3.11. The van der Waals surface area contributed by atoms with Gasteiger partial charge in [0, 0.05) is 33.0 Å². The second kappa shape index (κ2) is 15.0. The van der Waals surface area contributed by atoms with E-state index in [4.69, 9.17) is 55.9 Å². The third kappa shape index (κ3) is 7.31. The van der Waals surface area contributed by atoms with Crippen LogP contribution in [0.5, 0.6) is 0 Å². The van der Waals surface area contributed by atoms with Crippen molar-refractivity contribution >= 4 is 81.1 Å². The van der Waals surface area contributed by atoms with Gasteiger partial charge in [0.25, 0.3) is 0 Å². The quantitative estimate of drug-likeness (QED) is 0.379. The Hall–Kier alpha value is -2.14. The molecule has 13 heteroatoms. The summed E-state index contributed by atoms with van der Waals surface area (Å²) in [5.74, 6) is 0.237. The van der Waals surface area contributed by atoms with Crippen molar-refractivity contribution in [2.24, 2.45) is 0 Å². The van der Waals surface area contributed by atoms with Crippen LogP contribution in [0, 0.1) is 0 Å². The molecule has 0 amide bonds. The number of allylic oxidation sites excluding steroid dienone is 2. The normalized spacial score (nSPS) is 18.4. The van der Waals surface area contributed by atoms with E-state index in [1.807, 2.05) is 36.4 Å². The predicted octanol–water partition coefficient (Wildman–Crippen LogP) is 2.86. The van der Waals surface area contributed by atoms with E-state index in [0.717, 1.165) is 40.0 Å². The van der Waals surface area contributed by atoms with Gasteiger partial charge in [-0.05, 0) is 44.2 Å². The molecule has 1 N–H and O–H groups in total. The minimum absolute atomic E-state index is 0. The fourth-order valence-electron chi connectivity index (χ4n) is 5.33. The lowest BCUT2D eigenvalue weighted by Gasteiger charge is -2.26. The standard InChI is InChI=1S/C29H32Cl4N4O4.BrH/c1-5-34-24-14-20(30)22(32)16-26(24)36(10-12-40-18(3)38)28(34)8-7-9-29-35(6-2)25-15-21(31)23(33)17-27(25)37(29)11-13-41-19(4)39;/h7-9,14-17,28H,5-6,10-13H2,1-4H3;1H/b8-7+,29-9+;. The molecule has 0 radical (unpaired) electrons. The van der Waals surface area contributed by atoms with E-state index in [1.54, 1.807) is 0 Å². The fraction of sp³-hybridized carbons (Fsp3) is 0.379. The van der Waals surface area contributed by atoms with E-state index < -0.39 is 0 Å². The number of fused-ring (bicyclic) bond motifs is 2. The molecule has 4 rings (SSSR count). The summed E-state index contributed by atoms with van der Waals surface area (Å²) in [5.41, 5.74) is 3.78. The number of esters is 2. The van der Waals surface area contributed by atoms with Crippen molar-refractivity contribution in [2.75, 3.05) is 54.1 Å². The SMILES string of the molecule is CCN1/C(=C\C=C\C2N(CC)c3cc(Cl)c(Cl)cc3[NH+]2CCOC(C)=O)N(CCOC(C)=O)c2cc(Cl)c(Cl)cc21.[Br-]. The Bertz CT molecular complexity index is 1390. The lowest BCUT2D eigenvalue weighted by molar-refractivity contribution is -0.846. The maximum atomic E-state index is 11.5. The minimum atomic E-state index is -0.339. The van der Waals surface area contributed by atoms with Gasteiger partial charge in [-0.25, -0.2) is 0 Å². The van der Waals surface area contributed by atoms with E-state index in [1.165, 1.54) is 13.8 Å². The molecule has 0 aromatic heterocycles. The highest BCUT2D eigenvalue weighted by atomic mass is 79.9. The van der Waals surface area contributed by atoms with Crippen LogP contribution in [0.25, 0.3) is 0 Å². The number of quaternary nitrogens is 1. The first-order chi connectivity index (χ1) is 19.6. The van der Waals surface area contributed by atoms with Crippen LogP contribution in [0.4, 0.5) is 22.7 Å². The Morgan fingerprint density at radius 2 is 1.38 bits per heavy atom. The summed E-state index contributed by atoms with van der Waals surface area (Å²) in [6, 6.07) is 7.46. The molecule has 2 heterocycles. The molecule has 2 aromatic carbocycles. The van der Waals surface area contributed by atoms with Crippen LogP contribution >= 0.6 is 46.4 Å². The van der Waals surface area contributed by atoms with Crippen molar-refractivity contribution in [2.45, 2.75) is 33.9 Å². The molecule has 2 aliphatic heterocycles. The number of anilines is 3. The van der Waals surface area contributed by atoms with Crippen LogP contribution in [0.3, 0.4) is 0 Å². The number of likely N-dealkylation sites (N-methyl/N-ethyl adjacent to an activating group) is 1. The second-order valence-electron chi connectivity index (χ2n) is 9.53. The van der Waals surface area contributed by atoms with E-state index in [9.17, 15) is 9.59 Å². The van der Waals surface area contributed by atoms with Crippen molar-refractivity contribution in [3.8, 4) is 0 Å². The first-order valence-electron chi connectivity index (χ1n) is 13.4. The highest BCUT2D eigenvalue weighted by Gasteiger charge is 2.39. The molecule has 0 bridgehead atoms. The van der Waals surface area contributed by atoms with Gasteiger partial charge in [-0.15, -0.1) is 0 Å². The zero-order valence-corrected chi connectivity index (χ0v) is 28.3. The number of carbonyl (C=O) groups excluding carboxylic acids is 2. The van der Waals surface area contributed by atoms with E-state index in [0.29, 0.717) is 39.7 Å². The largest absolute Gasteiger partial charge is 1.00 e. The number of nitrogens with one attached hydrogen (secondary N) is 1. The van der Waals surface area contributed by atoms with Gasteiger partial charge in [0.1, 0.15) is 31.3 Å². The van der Waals surface area contributed by atoms with Gasteiger partial charge in [-0.3, -0.25) is 14.5 Å². The first-order valence-corrected chi connectivity index (χ1v) is 14.9. The molecular formula is C29H33BrCl4N4O4. The first kappa shape index (κ1) is 34.4. The molecule has 0 saturated carbocycles. The summed E-state index contributed by atoms with van der Waals surface area (Å²) < 4.78 is 10.5. The summed E-state index contributed by atoms with van der Waals surface area (Å²) in [7, 11) is 0. The Kier molecular flexibility index (Phi) is 12.3. The van der Waals surface area contributed by atoms with Crippen molar-refractivity contribution in [1.29, 1.82) is 0 Å². The average molecular weight is 723 g/mol. The molecule has 0 aliphatic carbocycles. The molecule has 2 unspecified atom stereocenters.